The third-order valence-corrected chi connectivity index (χ3v) is 11.1. The molecule has 0 unspecified atom stereocenters. The van der Waals surface area contributed by atoms with Gasteiger partial charge in [-0.2, -0.15) is 0 Å². The summed E-state index contributed by atoms with van der Waals surface area (Å²) >= 11 is 0. The zero-order chi connectivity index (χ0) is 19.0. The van der Waals surface area contributed by atoms with Crippen LogP contribution in [-0.4, -0.2) is 11.1 Å². The van der Waals surface area contributed by atoms with E-state index in [4.69, 9.17) is 0 Å². The van der Waals surface area contributed by atoms with Crippen molar-refractivity contribution >= 4 is 22.7 Å². The topological polar surface area (TPSA) is 20.2 Å². The molecule has 27 heavy (non-hydrogen) atoms. The van der Waals surface area contributed by atoms with Gasteiger partial charge in [-0.3, -0.25) is 0 Å². The molecule has 0 spiro atoms. The summed E-state index contributed by atoms with van der Waals surface area (Å²) in [6.45, 7) is -1.25. The fraction of sp³-hybridized carbons (Fsp3) is 0.280. The molecule has 3 rings (SSSR count). The van der Waals surface area contributed by atoms with E-state index in [1.165, 1.54) is 25.7 Å². The van der Waals surface area contributed by atoms with Gasteiger partial charge in [0.15, 0.2) is 0 Å². The van der Waals surface area contributed by atoms with Gasteiger partial charge in [0.2, 0.25) is 0 Å². The number of rotatable bonds is 9. The van der Waals surface area contributed by atoms with Crippen LogP contribution in [0.2, 0.25) is 0 Å². The molecule has 1 N–H and O–H groups in total. The Hall–Kier alpha value is -1.95. The van der Waals surface area contributed by atoms with Gasteiger partial charge in [0, 0.05) is 0 Å². The molecule has 0 bridgehead atoms. The van der Waals surface area contributed by atoms with E-state index in [0.29, 0.717) is 0 Å². The number of hydrogen-bond donors (Lipinski definition) is 1. The first kappa shape index (κ1) is 19.8. The standard InChI is InChI=1S/C25H31OP/c1-2-3-4-5-15-22-27(26,23-16-9-6-10-17-23,24-18-11-7-12-19-24)25-20-13-8-14-21-25/h6-14,16-21,26H,2-5,15,22H2,1H3. The molecule has 0 amide bonds. The second-order valence-corrected chi connectivity index (χ2v) is 11.9. The van der Waals surface area contributed by atoms with Crippen molar-refractivity contribution in [3.8, 4) is 0 Å². The molecular formula is C25H31OP. The molecule has 0 saturated carbocycles. The van der Waals surface area contributed by atoms with Gasteiger partial charge >= 0.3 is 164 Å². The van der Waals surface area contributed by atoms with Crippen molar-refractivity contribution in [2.45, 2.75) is 39.0 Å². The number of unbranched alkanes of at least 4 members (excludes halogenated alkanes) is 4. The number of hydrogen-bond acceptors (Lipinski definition) is 1. The van der Waals surface area contributed by atoms with E-state index in [0.717, 1.165) is 28.5 Å². The van der Waals surface area contributed by atoms with Crippen molar-refractivity contribution in [1.82, 2.24) is 0 Å². The zero-order valence-corrected chi connectivity index (χ0v) is 17.2. The summed E-state index contributed by atoms with van der Waals surface area (Å²) in [6.07, 6.45) is 6.74. The summed E-state index contributed by atoms with van der Waals surface area (Å²) in [7, 11) is 0. The van der Waals surface area contributed by atoms with Crippen LogP contribution in [-0.2, 0) is 0 Å². The number of benzene rings is 3. The predicted molar refractivity (Wildman–Crippen MR) is 121 cm³/mol. The average molecular weight is 378 g/mol. The minimum absolute atomic E-state index is 0.799. The van der Waals surface area contributed by atoms with Crippen molar-refractivity contribution in [3.05, 3.63) is 91.0 Å². The van der Waals surface area contributed by atoms with Crippen molar-refractivity contribution in [2.75, 3.05) is 6.16 Å². The van der Waals surface area contributed by atoms with E-state index >= 15 is 0 Å². The van der Waals surface area contributed by atoms with Crippen LogP contribution >= 0.6 is 6.83 Å². The molecule has 0 saturated heterocycles. The molecule has 3 aromatic carbocycles. The van der Waals surface area contributed by atoms with E-state index in [9.17, 15) is 4.89 Å². The third-order valence-electron chi connectivity index (χ3n) is 5.63. The van der Waals surface area contributed by atoms with Crippen molar-refractivity contribution in [3.63, 3.8) is 0 Å². The Morgan fingerprint density at radius 1 is 0.556 bits per heavy atom. The van der Waals surface area contributed by atoms with Gasteiger partial charge in [-0.1, -0.05) is 0 Å². The van der Waals surface area contributed by atoms with E-state index < -0.39 is 6.83 Å². The van der Waals surface area contributed by atoms with E-state index in [-0.39, 0.29) is 0 Å². The van der Waals surface area contributed by atoms with Gasteiger partial charge in [-0.05, 0) is 0 Å². The van der Waals surface area contributed by atoms with Crippen LogP contribution in [0, 0.1) is 0 Å². The van der Waals surface area contributed by atoms with Gasteiger partial charge in [-0.25, -0.2) is 0 Å². The molecule has 3 aromatic rings. The van der Waals surface area contributed by atoms with E-state index in [1.807, 2.05) is 18.2 Å². The van der Waals surface area contributed by atoms with Crippen LogP contribution < -0.4 is 15.9 Å². The van der Waals surface area contributed by atoms with Gasteiger partial charge in [0.1, 0.15) is 0 Å². The molecule has 0 aromatic heterocycles. The summed E-state index contributed by atoms with van der Waals surface area (Å²) < 4.78 is 0. The fourth-order valence-corrected chi connectivity index (χ4v) is 9.06. The Kier molecular flexibility index (Phi) is 6.47. The van der Waals surface area contributed by atoms with Crippen LogP contribution in [0.15, 0.2) is 91.0 Å². The summed E-state index contributed by atoms with van der Waals surface area (Å²) in [5.41, 5.74) is 0. The maximum atomic E-state index is 12.9. The average Bonchev–Trinajstić information content (AvgIpc) is 2.75. The van der Waals surface area contributed by atoms with Crippen molar-refractivity contribution < 1.29 is 4.89 Å². The summed E-state index contributed by atoms with van der Waals surface area (Å²) in [5.74, 6) is 0. The van der Waals surface area contributed by atoms with Crippen LogP contribution in [0.1, 0.15) is 39.0 Å². The fourth-order valence-electron chi connectivity index (χ4n) is 4.11. The van der Waals surface area contributed by atoms with Crippen LogP contribution in [0.5, 0.6) is 0 Å². The Labute approximate surface area is 164 Å². The van der Waals surface area contributed by atoms with E-state index in [2.05, 4.69) is 79.7 Å². The first-order chi connectivity index (χ1) is 13.2. The molecule has 0 fully saturated rings. The molecule has 0 aliphatic heterocycles. The molecule has 142 valence electrons. The van der Waals surface area contributed by atoms with Crippen LogP contribution in [0.4, 0.5) is 0 Å². The van der Waals surface area contributed by atoms with Gasteiger partial charge in [-0.15, -0.1) is 0 Å². The van der Waals surface area contributed by atoms with Crippen LogP contribution in [0.3, 0.4) is 0 Å². The van der Waals surface area contributed by atoms with E-state index in [1.54, 1.807) is 0 Å². The Bertz CT molecular complexity index is 715. The van der Waals surface area contributed by atoms with Crippen molar-refractivity contribution in [1.29, 1.82) is 0 Å². The van der Waals surface area contributed by atoms with Crippen LogP contribution in [0.25, 0.3) is 0 Å². The minimum atomic E-state index is -3.49. The molecule has 0 aliphatic carbocycles. The second-order valence-electron chi connectivity index (χ2n) is 7.40. The Balaban J connectivity index is 2.16. The normalized spacial score (nSPS) is 13.0. The summed E-state index contributed by atoms with van der Waals surface area (Å²) in [4.78, 5) is 12.9. The maximum absolute atomic E-state index is 12.9. The molecule has 0 atom stereocenters. The zero-order valence-electron chi connectivity index (χ0n) is 16.3. The molecule has 0 heterocycles. The quantitative estimate of drug-likeness (QED) is 0.391. The first-order valence-corrected chi connectivity index (χ1v) is 12.5. The predicted octanol–water partition coefficient (Wildman–Crippen LogP) is 5.39. The van der Waals surface area contributed by atoms with Gasteiger partial charge in [0.05, 0.1) is 0 Å². The van der Waals surface area contributed by atoms with Gasteiger partial charge < -0.3 is 0 Å². The van der Waals surface area contributed by atoms with Crippen molar-refractivity contribution in [2.24, 2.45) is 0 Å². The Morgan fingerprint density at radius 2 is 0.926 bits per heavy atom. The Morgan fingerprint density at radius 3 is 1.30 bits per heavy atom. The third kappa shape index (κ3) is 3.86. The van der Waals surface area contributed by atoms with Gasteiger partial charge in [0.25, 0.3) is 0 Å². The summed E-state index contributed by atoms with van der Waals surface area (Å²) in [6, 6.07) is 31.1. The molecular weight excluding hydrogens is 347 g/mol. The first-order valence-electron chi connectivity index (χ1n) is 10.1. The SMILES string of the molecule is CCCCCCCP(O)(c1ccccc1)(c1ccccc1)c1ccccc1. The molecule has 0 radical (unpaired) electrons. The second kappa shape index (κ2) is 8.83. The molecule has 0 aliphatic rings. The molecule has 2 heteroatoms. The molecule has 1 nitrogen and oxygen atoms in total. The monoisotopic (exact) mass is 378 g/mol. The summed E-state index contributed by atoms with van der Waals surface area (Å²) in [5, 5.41) is 3.20.